The Bertz CT molecular complexity index is 850. The van der Waals surface area contributed by atoms with Gasteiger partial charge in [-0.2, -0.15) is 0 Å². The fourth-order valence-corrected chi connectivity index (χ4v) is 5.63. The molecular weight excluding hydrogens is 358 g/mol. The van der Waals surface area contributed by atoms with E-state index < -0.39 is 0 Å². The van der Waals surface area contributed by atoms with Crippen molar-refractivity contribution in [2.75, 3.05) is 5.32 Å². The second-order valence-electron chi connectivity index (χ2n) is 5.92. The molecule has 0 aromatic carbocycles. The number of anilines is 1. The second-order valence-corrected chi connectivity index (χ2v) is 8.98. The third kappa shape index (κ3) is 3.16. The molecule has 0 unspecified atom stereocenters. The van der Waals surface area contributed by atoms with Gasteiger partial charge in [0.2, 0.25) is 5.13 Å². The maximum Gasteiger partial charge on any atom is 0.267 e. The molecule has 0 aliphatic heterocycles. The Morgan fingerprint density at radius 2 is 2.29 bits per heavy atom. The van der Waals surface area contributed by atoms with Gasteiger partial charge in [0.1, 0.15) is 0 Å². The van der Waals surface area contributed by atoms with Gasteiger partial charge in [-0.3, -0.25) is 10.1 Å². The van der Waals surface area contributed by atoms with E-state index in [2.05, 4.69) is 28.5 Å². The van der Waals surface area contributed by atoms with Gasteiger partial charge in [-0.1, -0.05) is 30.7 Å². The van der Waals surface area contributed by atoms with Gasteiger partial charge in [0.15, 0.2) is 5.01 Å². The highest BCUT2D eigenvalue weighted by molar-refractivity contribution is 7.23. The van der Waals surface area contributed by atoms with Crippen LogP contribution >= 0.6 is 34.0 Å². The number of thiophene rings is 2. The van der Waals surface area contributed by atoms with Crippen molar-refractivity contribution in [1.82, 2.24) is 10.2 Å². The Hall–Kier alpha value is -1.57. The summed E-state index contributed by atoms with van der Waals surface area (Å²) in [6.07, 6.45) is 4.67. The number of aryl methyl sites for hydroxylation is 1. The molecule has 1 N–H and O–H groups in total. The summed E-state index contributed by atoms with van der Waals surface area (Å²) in [6, 6.07) is 6.06. The first-order valence-corrected chi connectivity index (χ1v) is 10.5. The Kier molecular flexibility index (Phi) is 4.47. The minimum absolute atomic E-state index is 0.0728. The zero-order chi connectivity index (χ0) is 16.5. The van der Waals surface area contributed by atoms with Crippen molar-refractivity contribution in [3.8, 4) is 9.88 Å². The number of aromatic nitrogens is 2. The smallest absolute Gasteiger partial charge is 0.267 e. The summed E-state index contributed by atoms with van der Waals surface area (Å²) < 4.78 is 0. The first-order valence-electron chi connectivity index (χ1n) is 8.03. The van der Waals surface area contributed by atoms with Crippen LogP contribution in [0.1, 0.15) is 39.9 Å². The molecule has 124 valence electrons. The summed E-state index contributed by atoms with van der Waals surface area (Å²) in [5.41, 5.74) is 1.36. The SMILES string of the molecule is CC[C@@H]1CCc2sc(C(=O)Nc3nnc(-c4cccs4)s3)cc2C1. The van der Waals surface area contributed by atoms with E-state index in [1.807, 2.05) is 17.5 Å². The average molecular weight is 376 g/mol. The minimum atomic E-state index is -0.0728. The predicted molar refractivity (Wildman–Crippen MR) is 101 cm³/mol. The van der Waals surface area contributed by atoms with Gasteiger partial charge >= 0.3 is 0 Å². The Morgan fingerprint density at radius 1 is 1.38 bits per heavy atom. The first-order chi connectivity index (χ1) is 11.7. The van der Waals surface area contributed by atoms with Crippen LogP contribution in [0.4, 0.5) is 5.13 Å². The van der Waals surface area contributed by atoms with Crippen molar-refractivity contribution < 1.29 is 4.79 Å². The summed E-state index contributed by atoms with van der Waals surface area (Å²) in [7, 11) is 0. The fraction of sp³-hybridized carbons (Fsp3) is 0.353. The van der Waals surface area contributed by atoms with Crippen LogP contribution in [-0.4, -0.2) is 16.1 Å². The number of carbonyl (C=O) groups is 1. The van der Waals surface area contributed by atoms with Crippen molar-refractivity contribution in [1.29, 1.82) is 0 Å². The van der Waals surface area contributed by atoms with Crippen molar-refractivity contribution >= 4 is 45.0 Å². The molecule has 0 radical (unpaired) electrons. The first kappa shape index (κ1) is 15.9. The molecule has 0 saturated carbocycles. The van der Waals surface area contributed by atoms with Crippen LogP contribution in [0.25, 0.3) is 9.88 Å². The van der Waals surface area contributed by atoms with Crippen molar-refractivity contribution in [3.05, 3.63) is 38.9 Å². The van der Waals surface area contributed by atoms with E-state index in [4.69, 9.17) is 0 Å². The lowest BCUT2D eigenvalue weighted by Crippen LogP contribution is -2.11. The summed E-state index contributed by atoms with van der Waals surface area (Å²) in [5, 5.41) is 14.6. The molecule has 4 nitrogen and oxygen atoms in total. The molecule has 0 saturated heterocycles. The Balaban J connectivity index is 1.48. The number of fused-ring (bicyclic) bond motifs is 1. The third-order valence-corrected chi connectivity index (χ3v) is 7.48. The number of hydrogen-bond donors (Lipinski definition) is 1. The zero-order valence-corrected chi connectivity index (χ0v) is 15.7. The quantitative estimate of drug-likeness (QED) is 0.690. The average Bonchev–Trinajstić information content (AvgIpc) is 3.33. The van der Waals surface area contributed by atoms with E-state index in [0.29, 0.717) is 5.13 Å². The van der Waals surface area contributed by atoms with Crippen LogP contribution in [-0.2, 0) is 12.8 Å². The normalized spacial score (nSPS) is 16.8. The molecule has 0 bridgehead atoms. The maximum absolute atomic E-state index is 12.5. The largest absolute Gasteiger partial charge is 0.296 e. The number of nitrogens with zero attached hydrogens (tertiary/aromatic N) is 2. The molecule has 24 heavy (non-hydrogen) atoms. The molecule has 0 spiro atoms. The number of hydrogen-bond acceptors (Lipinski definition) is 6. The van der Waals surface area contributed by atoms with E-state index in [9.17, 15) is 4.79 Å². The second kappa shape index (κ2) is 6.74. The summed E-state index contributed by atoms with van der Waals surface area (Å²) in [5.74, 6) is 0.691. The van der Waals surface area contributed by atoms with E-state index in [1.165, 1.54) is 34.6 Å². The molecular formula is C17H17N3OS3. The number of nitrogens with one attached hydrogen (secondary N) is 1. The van der Waals surface area contributed by atoms with Gasteiger partial charge in [0.25, 0.3) is 5.91 Å². The Morgan fingerprint density at radius 3 is 3.08 bits per heavy atom. The topological polar surface area (TPSA) is 54.9 Å². The highest BCUT2D eigenvalue weighted by atomic mass is 32.1. The van der Waals surface area contributed by atoms with Gasteiger partial charge in [-0.25, -0.2) is 0 Å². The highest BCUT2D eigenvalue weighted by Gasteiger charge is 2.22. The van der Waals surface area contributed by atoms with E-state index in [0.717, 1.165) is 33.5 Å². The maximum atomic E-state index is 12.5. The van der Waals surface area contributed by atoms with E-state index >= 15 is 0 Å². The van der Waals surface area contributed by atoms with Gasteiger partial charge in [-0.05, 0) is 48.3 Å². The lowest BCUT2D eigenvalue weighted by molar-refractivity contribution is 0.103. The van der Waals surface area contributed by atoms with Gasteiger partial charge in [0.05, 0.1) is 9.75 Å². The molecule has 3 heterocycles. The third-order valence-electron chi connectivity index (χ3n) is 4.36. The fourth-order valence-electron chi connectivity index (χ4n) is 2.99. The summed E-state index contributed by atoms with van der Waals surface area (Å²) >= 11 is 4.66. The lowest BCUT2D eigenvalue weighted by Gasteiger charge is -2.19. The number of carbonyl (C=O) groups excluding carboxylic acids is 1. The van der Waals surface area contributed by atoms with Crippen molar-refractivity contribution in [2.24, 2.45) is 5.92 Å². The Labute approximate surface area is 152 Å². The monoisotopic (exact) mass is 375 g/mol. The van der Waals surface area contributed by atoms with E-state index in [1.54, 1.807) is 22.7 Å². The highest BCUT2D eigenvalue weighted by Crippen LogP contribution is 2.34. The molecule has 7 heteroatoms. The van der Waals surface area contributed by atoms with E-state index in [-0.39, 0.29) is 5.91 Å². The van der Waals surface area contributed by atoms with Crippen LogP contribution in [0.5, 0.6) is 0 Å². The van der Waals surface area contributed by atoms with Crippen molar-refractivity contribution in [2.45, 2.75) is 32.6 Å². The number of rotatable bonds is 4. The molecule has 4 rings (SSSR count). The molecule has 3 aromatic heterocycles. The van der Waals surface area contributed by atoms with Crippen LogP contribution in [0, 0.1) is 5.92 Å². The summed E-state index contributed by atoms with van der Waals surface area (Å²) in [4.78, 5) is 15.8. The minimum Gasteiger partial charge on any atom is -0.296 e. The van der Waals surface area contributed by atoms with Gasteiger partial charge in [0, 0.05) is 4.88 Å². The van der Waals surface area contributed by atoms with Crippen LogP contribution < -0.4 is 5.32 Å². The van der Waals surface area contributed by atoms with Crippen LogP contribution in [0.15, 0.2) is 23.6 Å². The van der Waals surface area contributed by atoms with Crippen LogP contribution in [0.2, 0.25) is 0 Å². The molecule has 1 aliphatic carbocycles. The summed E-state index contributed by atoms with van der Waals surface area (Å²) in [6.45, 7) is 2.25. The zero-order valence-electron chi connectivity index (χ0n) is 13.2. The molecule has 1 atom stereocenters. The molecule has 3 aromatic rings. The van der Waals surface area contributed by atoms with Gasteiger partial charge in [-0.15, -0.1) is 32.9 Å². The molecule has 0 fully saturated rings. The molecule has 1 amide bonds. The number of amides is 1. The van der Waals surface area contributed by atoms with Crippen LogP contribution in [0.3, 0.4) is 0 Å². The standard InChI is InChI=1S/C17H17N3OS3/c1-2-10-5-6-12-11(8-10)9-14(23-12)15(21)18-17-20-19-16(24-17)13-4-3-7-22-13/h3-4,7,9-10H,2,5-6,8H2,1H3,(H,18,20,21)/t10-/m1/s1. The lowest BCUT2D eigenvalue weighted by atomic mass is 9.87. The molecule has 1 aliphatic rings. The van der Waals surface area contributed by atoms with Crippen molar-refractivity contribution in [3.63, 3.8) is 0 Å². The van der Waals surface area contributed by atoms with Gasteiger partial charge < -0.3 is 0 Å². The predicted octanol–water partition coefficient (Wildman–Crippen LogP) is 5.10.